The molecule has 196 valence electrons. The lowest BCUT2D eigenvalue weighted by molar-refractivity contribution is -0.124. The maximum absolute atomic E-state index is 13.4. The lowest BCUT2D eigenvalue weighted by Crippen LogP contribution is -2.49. The first kappa shape index (κ1) is 25.0. The number of fused-ring (bicyclic) bond motifs is 2. The van der Waals surface area contributed by atoms with Gasteiger partial charge in [-0.05, 0) is 68.1 Å². The Morgan fingerprint density at radius 3 is 2.50 bits per heavy atom. The van der Waals surface area contributed by atoms with E-state index in [0.717, 1.165) is 56.2 Å². The van der Waals surface area contributed by atoms with Gasteiger partial charge < -0.3 is 30.2 Å². The Morgan fingerprint density at radius 1 is 1.03 bits per heavy atom. The van der Waals surface area contributed by atoms with Crippen molar-refractivity contribution in [2.45, 2.75) is 69.2 Å². The number of hydrogen-bond acceptors (Lipinski definition) is 6. The molecule has 5 rings (SSSR count). The number of carbonyl (C=O) groups is 3. The van der Waals surface area contributed by atoms with Gasteiger partial charge in [0.25, 0.3) is 0 Å². The van der Waals surface area contributed by atoms with Gasteiger partial charge in [-0.2, -0.15) is 0 Å². The monoisotopic (exact) mass is 499 g/mol. The first-order chi connectivity index (χ1) is 17.5. The third-order valence-corrected chi connectivity index (χ3v) is 8.30. The van der Waals surface area contributed by atoms with Crippen LogP contribution in [0.4, 0.5) is 16.2 Å². The second-order valence-corrected chi connectivity index (χ2v) is 10.6. The van der Waals surface area contributed by atoms with E-state index in [1.807, 2.05) is 18.2 Å². The molecule has 3 N–H and O–H groups in total. The molecule has 4 aliphatic rings. The minimum absolute atomic E-state index is 0.00157. The van der Waals surface area contributed by atoms with Crippen LogP contribution in [0, 0.1) is 11.8 Å². The lowest BCUT2D eigenvalue weighted by atomic mass is 9.75. The molecule has 9 nitrogen and oxygen atoms in total. The molecule has 1 aromatic rings. The van der Waals surface area contributed by atoms with Crippen LogP contribution in [-0.2, 0) is 29.2 Å². The van der Waals surface area contributed by atoms with Crippen LogP contribution < -0.4 is 16.0 Å². The molecule has 1 aromatic carbocycles. The van der Waals surface area contributed by atoms with Gasteiger partial charge in [0.15, 0.2) is 0 Å². The van der Waals surface area contributed by atoms with Crippen molar-refractivity contribution in [2.75, 3.05) is 43.7 Å². The quantitative estimate of drug-likeness (QED) is 0.550. The number of ether oxygens (including phenoxy) is 3. The number of hydrogen-bond donors (Lipinski definition) is 3. The summed E-state index contributed by atoms with van der Waals surface area (Å²) in [6.07, 6.45) is 7.54. The van der Waals surface area contributed by atoms with Crippen LogP contribution in [0.15, 0.2) is 18.2 Å². The molecule has 3 amide bonds. The van der Waals surface area contributed by atoms with Crippen LogP contribution in [0.25, 0.3) is 0 Å². The van der Waals surface area contributed by atoms with Crippen LogP contribution in [0.2, 0.25) is 0 Å². The van der Waals surface area contributed by atoms with Crippen LogP contribution in [0.1, 0.15) is 63.4 Å². The van der Waals surface area contributed by atoms with Crippen molar-refractivity contribution in [1.82, 2.24) is 5.32 Å². The molecule has 3 fully saturated rings. The average molecular weight is 500 g/mol. The molecule has 1 saturated carbocycles. The molecule has 1 atom stereocenters. The fraction of sp³-hybridized carbons (Fsp3) is 0.667. The number of benzene rings is 1. The van der Waals surface area contributed by atoms with Gasteiger partial charge in [0.1, 0.15) is 6.04 Å². The number of nitrogens with one attached hydrogen (secondary N) is 3. The molecule has 2 saturated heterocycles. The molecular weight excluding hydrogens is 462 g/mol. The van der Waals surface area contributed by atoms with Crippen LogP contribution in [0.3, 0.4) is 0 Å². The Hall–Kier alpha value is -2.65. The minimum Gasteiger partial charge on any atom is -0.449 e. The van der Waals surface area contributed by atoms with Gasteiger partial charge in [-0.25, -0.2) is 4.79 Å². The third kappa shape index (κ3) is 5.37. The number of amides is 3. The first-order valence-electron chi connectivity index (χ1n) is 13.4. The highest BCUT2D eigenvalue weighted by atomic mass is 16.5. The van der Waals surface area contributed by atoms with E-state index >= 15 is 0 Å². The van der Waals surface area contributed by atoms with Gasteiger partial charge in [0, 0.05) is 37.8 Å². The predicted molar refractivity (Wildman–Crippen MR) is 134 cm³/mol. The lowest BCUT2D eigenvalue weighted by Gasteiger charge is -2.31. The van der Waals surface area contributed by atoms with E-state index in [2.05, 4.69) is 16.0 Å². The first-order valence-corrected chi connectivity index (χ1v) is 13.4. The van der Waals surface area contributed by atoms with Gasteiger partial charge in [-0.3, -0.25) is 9.59 Å². The summed E-state index contributed by atoms with van der Waals surface area (Å²) in [4.78, 5) is 38.9. The molecule has 9 heteroatoms. The molecule has 0 bridgehead atoms. The summed E-state index contributed by atoms with van der Waals surface area (Å²) in [7, 11) is 0. The Balaban J connectivity index is 1.25. The van der Waals surface area contributed by atoms with E-state index in [1.54, 1.807) is 0 Å². The second-order valence-electron chi connectivity index (χ2n) is 10.6. The molecular formula is C27H37N3O6. The molecule has 3 heterocycles. The topological polar surface area (TPSA) is 115 Å². The average Bonchev–Trinajstić information content (AvgIpc) is 3.17. The maximum atomic E-state index is 13.4. The van der Waals surface area contributed by atoms with Crippen molar-refractivity contribution in [1.29, 1.82) is 0 Å². The van der Waals surface area contributed by atoms with Crippen molar-refractivity contribution in [3.8, 4) is 0 Å². The fourth-order valence-electron chi connectivity index (χ4n) is 6.08. The van der Waals surface area contributed by atoms with Crippen molar-refractivity contribution < 1.29 is 28.6 Å². The zero-order valence-electron chi connectivity index (χ0n) is 20.8. The summed E-state index contributed by atoms with van der Waals surface area (Å²) in [5.74, 6) is 0.106. The van der Waals surface area contributed by atoms with Crippen molar-refractivity contribution in [3.05, 3.63) is 23.8 Å². The van der Waals surface area contributed by atoms with Crippen LogP contribution in [0.5, 0.6) is 0 Å². The van der Waals surface area contributed by atoms with Gasteiger partial charge in [-0.15, -0.1) is 0 Å². The number of anilines is 2. The molecule has 3 aliphatic heterocycles. The van der Waals surface area contributed by atoms with Crippen molar-refractivity contribution in [3.63, 3.8) is 0 Å². The largest absolute Gasteiger partial charge is 0.449 e. The standard InChI is InChI=1S/C27H37N3O6/c31-24(28-20-6-7-21-22(16-20)29-25(32)27(21)10-14-35-15-11-27)23(19-4-2-1-3-5-19)30-26(33)36-17-18-8-12-34-13-9-18/h6-7,16,18-19,23H,1-5,8-15,17H2,(H,28,31)(H,29,32)(H,30,33)/t23-/m0/s1. The highest BCUT2D eigenvalue weighted by Crippen LogP contribution is 2.45. The van der Waals surface area contributed by atoms with Crippen molar-refractivity contribution in [2.24, 2.45) is 11.8 Å². The minimum atomic E-state index is -0.669. The highest BCUT2D eigenvalue weighted by Gasteiger charge is 2.47. The van der Waals surface area contributed by atoms with E-state index < -0.39 is 17.6 Å². The zero-order valence-corrected chi connectivity index (χ0v) is 20.8. The SMILES string of the molecule is O=C(N[C@H](C(=O)Nc1ccc2c(c1)NC(=O)C21CCOCC1)C1CCCCC1)OCC1CCOCC1. The smallest absolute Gasteiger partial charge is 0.407 e. The van der Waals surface area contributed by atoms with E-state index in [1.165, 1.54) is 0 Å². The van der Waals surface area contributed by atoms with Gasteiger partial charge in [0.05, 0.1) is 12.0 Å². The molecule has 1 spiro atoms. The second kappa shape index (κ2) is 11.2. The predicted octanol–water partition coefficient (Wildman–Crippen LogP) is 3.73. The van der Waals surface area contributed by atoms with Gasteiger partial charge in [-0.1, -0.05) is 25.3 Å². The van der Waals surface area contributed by atoms with E-state index in [-0.39, 0.29) is 17.7 Å². The molecule has 0 aromatic heterocycles. The third-order valence-electron chi connectivity index (χ3n) is 8.30. The summed E-state index contributed by atoms with van der Waals surface area (Å²) < 4.78 is 16.3. The Kier molecular flexibility index (Phi) is 7.76. The van der Waals surface area contributed by atoms with Gasteiger partial charge >= 0.3 is 6.09 Å². The summed E-state index contributed by atoms with van der Waals surface area (Å²) in [5.41, 5.74) is 1.75. The van der Waals surface area contributed by atoms with Crippen LogP contribution >= 0.6 is 0 Å². The zero-order chi connectivity index (χ0) is 25.0. The highest BCUT2D eigenvalue weighted by molar-refractivity contribution is 6.07. The fourth-order valence-corrected chi connectivity index (χ4v) is 6.08. The number of carbonyl (C=O) groups excluding carboxylic acids is 3. The van der Waals surface area contributed by atoms with Crippen LogP contribution in [-0.4, -0.2) is 57.0 Å². The van der Waals surface area contributed by atoms with E-state index in [4.69, 9.17) is 14.2 Å². The summed E-state index contributed by atoms with van der Waals surface area (Å²) in [6, 6.07) is 4.92. The number of alkyl carbamates (subject to hydrolysis) is 1. The number of rotatable bonds is 6. The molecule has 36 heavy (non-hydrogen) atoms. The Labute approximate surface area is 212 Å². The van der Waals surface area contributed by atoms with Crippen molar-refractivity contribution >= 4 is 29.3 Å². The Morgan fingerprint density at radius 2 is 1.75 bits per heavy atom. The summed E-state index contributed by atoms with van der Waals surface area (Å²) in [6.45, 7) is 2.85. The molecule has 1 aliphatic carbocycles. The normalized spacial score (nSPS) is 22.9. The van der Waals surface area contributed by atoms with E-state index in [9.17, 15) is 14.4 Å². The summed E-state index contributed by atoms with van der Waals surface area (Å²) >= 11 is 0. The molecule has 0 radical (unpaired) electrons. The van der Waals surface area contributed by atoms with E-state index in [0.29, 0.717) is 57.5 Å². The Bertz CT molecular complexity index is 964. The van der Waals surface area contributed by atoms with Gasteiger partial charge in [0.2, 0.25) is 11.8 Å². The maximum Gasteiger partial charge on any atom is 0.407 e. The summed E-state index contributed by atoms with van der Waals surface area (Å²) in [5, 5.41) is 8.85. The molecule has 0 unspecified atom stereocenters.